The van der Waals surface area contributed by atoms with Crippen LogP contribution in [-0.4, -0.2) is 45.5 Å². The first-order valence-electron chi connectivity index (χ1n) is 6.85. The van der Waals surface area contributed by atoms with E-state index in [1.54, 1.807) is 20.8 Å². The van der Waals surface area contributed by atoms with Gasteiger partial charge in [0.15, 0.2) is 5.78 Å². The number of nitrogens with zero attached hydrogens (tertiary/aromatic N) is 1. The van der Waals surface area contributed by atoms with Gasteiger partial charge in [-0.25, -0.2) is 4.79 Å². The second-order valence-corrected chi connectivity index (χ2v) is 6.77. The fraction of sp³-hybridized carbons (Fsp3) is 0.786. The summed E-state index contributed by atoms with van der Waals surface area (Å²) in [6.45, 7) is 6.70. The van der Waals surface area contributed by atoms with E-state index in [9.17, 15) is 19.5 Å². The standard InChI is InChI=1S/C14H21NO5/c1-13(2,3)20-12(19)15-8-5-6-9(15)14(4,11(17)18)10(16)7-8/h8-9H,5-7H2,1-4H3,(H,17,18)/t8-,9+,14?/m0/s1. The third-order valence-electron chi connectivity index (χ3n) is 4.22. The Kier molecular flexibility index (Phi) is 3.31. The summed E-state index contributed by atoms with van der Waals surface area (Å²) in [5, 5.41) is 9.42. The molecule has 20 heavy (non-hydrogen) atoms. The van der Waals surface area contributed by atoms with E-state index >= 15 is 0 Å². The average molecular weight is 283 g/mol. The van der Waals surface area contributed by atoms with Crippen LogP contribution >= 0.6 is 0 Å². The summed E-state index contributed by atoms with van der Waals surface area (Å²) in [6, 6.07) is -0.837. The van der Waals surface area contributed by atoms with Gasteiger partial charge in [-0.1, -0.05) is 0 Å². The van der Waals surface area contributed by atoms with E-state index in [0.29, 0.717) is 12.8 Å². The van der Waals surface area contributed by atoms with Crippen molar-refractivity contribution in [3.63, 3.8) is 0 Å². The first-order valence-corrected chi connectivity index (χ1v) is 6.85. The van der Waals surface area contributed by atoms with Crippen molar-refractivity contribution in [2.24, 2.45) is 5.41 Å². The van der Waals surface area contributed by atoms with Crippen molar-refractivity contribution in [3.8, 4) is 0 Å². The van der Waals surface area contributed by atoms with Gasteiger partial charge in [0.2, 0.25) is 0 Å². The number of ketones is 1. The highest BCUT2D eigenvalue weighted by molar-refractivity contribution is 6.05. The molecule has 1 amide bonds. The molecule has 3 atom stereocenters. The summed E-state index contributed by atoms with van der Waals surface area (Å²) in [5.41, 5.74) is -2.17. The first-order chi connectivity index (χ1) is 9.07. The first kappa shape index (κ1) is 14.8. The largest absolute Gasteiger partial charge is 0.480 e. The van der Waals surface area contributed by atoms with Crippen LogP contribution in [0.5, 0.6) is 0 Å². The number of carboxylic acids is 1. The highest BCUT2D eigenvalue weighted by atomic mass is 16.6. The van der Waals surface area contributed by atoms with Crippen molar-refractivity contribution in [1.82, 2.24) is 4.90 Å². The number of fused-ring (bicyclic) bond motifs is 2. The van der Waals surface area contributed by atoms with Gasteiger partial charge in [-0.2, -0.15) is 0 Å². The van der Waals surface area contributed by atoms with Gasteiger partial charge < -0.3 is 14.7 Å². The maximum atomic E-state index is 12.3. The molecule has 2 saturated heterocycles. The quantitative estimate of drug-likeness (QED) is 0.742. The number of aliphatic carboxylic acids is 1. The van der Waals surface area contributed by atoms with E-state index in [-0.39, 0.29) is 18.2 Å². The van der Waals surface area contributed by atoms with Gasteiger partial charge in [0.1, 0.15) is 11.0 Å². The van der Waals surface area contributed by atoms with Crippen molar-refractivity contribution < 1.29 is 24.2 Å². The Balaban J connectivity index is 2.31. The molecule has 2 aliphatic heterocycles. The lowest BCUT2D eigenvalue weighted by Crippen LogP contribution is -2.60. The second-order valence-electron chi connectivity index (χ2n) is 6.77. The van der Waals surface area contributed by atoms with E-state index < -0.39 is 29.1 Å². The summed E-state index contributed by atoms with van der Waals surface area (Å²) in [6.07, 6.45) is 0.750. The van der Waals surface area contributed by atoms with Gasteiger partial charge in [-0.3, -0.25) is 9.59 Å². The molecule has 0 spiro atoms. The molecular weight excluding hydrogens is 262 g/mol. The molecule has 0 saturated carbocycles. The Morgan fingerprint density at radius 2 is 1.95 bits per heavy atom. The number of carbonyl (C=O) groups is 3. The average Bonchev–Trinajstić information content (AvgIpc) is 2.63. The number of hydrogen-bond acceptors (Lipinski definition) is 4. The molecule has 1 N–H and O–H groups in total. The number of hydrogen-bond donors (Lipinski definition) is 1. The number of carbonyl (C=O) groups excluding carboxylic acids is 2. The van der Waals surface area contributed by atoms with E-state index in [0.717, 1.165) is 0 Å². The Morgan fingerprint density at radius 1 is 1.35 bits per heavy atom. The van der Waals surface area contributed by atoms with Gasteiger partial charge >= 0.3 is 12.1 Å². The van der Waals surface area contributed by atoms with Gasteiger partial charge in [0.25, 0.3) is 0 Å². The topological polar surface area (TPSA) is 83.9 Å². The third-order valence-corrected chi connectivity index (χ3v) is 4.22. The summed E-state index contributed by atoms with van der Waals surface area (Å²) >= 11 is 0. The van der Waals surface area contributed by atoms with Crippen LogP contribution < -0.4 is 0 Å². The second kappa shape index (κ2) is 4.46. The third kappa shape index (κ3) is 2.17. The number of rotatable bonds is 1. The van der Waals surface area contributed by atoms with Crippen LogP contribution in [0.1, 0.15) is 47.0 Å². The Labute approximate surface area is 118 Å². The van der Waals surface area contributed by atoms with Crippen molar-refractivity contribution in [3.05, 3.63) is 0 Å². The fourth-order valence-electron chi connectivity index (χ4n) is 3.11. The van der Waals surface area contributed by atoms with E-state index in [1.165, 1.54) is 11.8 Å². The number of Topliss-reactive ketones (excluding diaryl/α,β-unsaturated/α-hetero) is 1. The Bertz CT molecular complexity index is 467. The molecular formula is C14H21NO5. The lowest BCUT2D eigenvalue weighted by Gasteiger charge is -2.43. The molecule has 6 heteroatoms. The van der Waals surface area contributed by atoms with E-state index in [2.05, 4.69) is 0 Å². The normalized spacial score (nSPS) is 33.2. The SMILES string of the molecule is CC(C)(C)OC(=O)N1[C@H]2CC[C@@H]1C(C)(C(=O)O)C(=O)C2. The maximum Gasteiger partial charge on any atom is 0.410 e. The minimum atomic E-state index is -1.52. The smallest absolute Gasteiger partial charge is 0.410 e. The minimum Gasteiger partial charge on any atom is -0.480 e. The lowest BCUT2D eigenvalue weighted by atomic mass is 9.74. The molecule has 1 unspecified atom stereocenters. The van der Waals surface area contributed by atoms with Crippen molar-refractivity contribution >= 4 is 17.8 Å². The molecule has 2 aliphatic rings. The molecule has 112 valence electrons. The van der Waals surface area contributed by atoms with Crippen LogP contribution in [-0.2, 0) is 14.3 Å². The van der Waals surface area contributed by atoms with Crippen LogP contribution in [0, 0.1) is 5.41 Å². The summed E-state index contributed by atoms with van der Waals surface area (Å²) < 4.78 is 5.35. The predicted molar refractivity (Wildman–Crippen MR) is 70.2 cm³/mol. The molecule has 6 nitrogen and oxygen atoms in total. The molecule has 0 aliphatic carbocycles. The molecule has 0 aromatic heterocycles. The number of carboxylic acid groups (broad SMARTS) is 1. The van der Waals surface area contributed by atoms with Gasteiger partial charge in [0, 0.05) is 12.5 Å². The fourth-order valence-corrected chi connectivity index (χ4v) is 3.11. The van der Waals surface area contributed by atoms with Crippen LogP contribution in [0.25, 0.3) is 0 Å². The summed E-state index contributed by atoms with van der Waals surface area (Å²) in [5.74, 6) is -1.46. The summed E-state index contributed by atoms with van der Waals surface area (Å²) in [7, 11) is 0. The molecule has 2 bridgehead atoms. The van der Waals surface area contributed by atoms with Gasteiger partial charge in [-0.05, 0) is 40.5 Å². The molecule has 0 radical (unpaired) electrons. The maximum absolute atomic E-state index is 12.3. The van der Waals surface area contributed by atoms with E-state index in [1.807, 2.05) is 0 Å². The van der Waals surface area contributed by atoms with Crippen molar-refractivity contribution in [1.29, 1.82) is 0 Å². The molecule has 0 aromatic rings. The van der Waals surface area contributed by atoms with Crippen molar-refractivity contribution in [2.75, 3.05) is 0 Å². The predicted octanol–water partition coefficient (Wildman–Crippen LogP) is 1.82. The van der Waals surface area contributed by atoms with Crippen LogP contribution in [0.2, 0.25) is 0 Å². The number of ether oxygens (including phenoxy) is 1. The lowest BCUT2D eigenvalue weighted by molar-refractivity contribution is -0.161. The molecule has 2 fully saturated rings. The van der Waals surface area contributed by atoms with Crippen LogP contribution in [0.15, 0.2) is 0 Å². The molecule has 0 aromatic carbocycles. The monoisotopic (exact) mass is 283 g/mol. The van der Waals surface area contributed by atoms with E-state index in [4.69, 9.17) is 4.74 Å². The molecule has 2 heterocycles. The van der Waals surface area contributed by atoms with Crippen LogP contribution in [0.4, 0.5) is 4.79 Å². The number of piperidine rings is 1. The minimum absolute atomic E-state index is 0.0958. The highest BCUT2D eigenvalue weighted by Crippen LogP contribution is 2.45. The van der Waals surface area contributed by atoms with Crippen LogP contribution in [0.3, 0.4) is 0 Å². The van der Waals surface area contributed by atoms with Gasteiger partial charge in [0.05, 0.1) is 6.04 Å². The number of amides is 1. The zero-order valence-electron chi connectivity index (χ0n) is 12.3. The zero-order chi connectivity index (χ0) is 15.3. The Morgan fingerprint density at radius 3 is 2.45 bits per heavy atom. The van der Waals surface area contributed by atoms with Crippen molar-refractivity contribution in [2.45, 2.75) is 64.6 Å². The highest BCUT2D eigenvalue weighted by Gasteiger charge is 2.60. The Hall–Kier alpha value is -1.59. The zero-order valence-corrected chi connectivity index (χ0v) is 12.3. The summed E-state index contributed by atoms with van der Waals surface area (Å²) in [4.78, 5) is 37.4. The molecule has 2 rings (SSSR count). The van der Waals surface area contributed by atoms with Gasteiger partial charge in [-0.15, -0.1) is 0 Å².